The van der Waals surface area contributed by atoms with Crippen molar-refractivity contribution < 1.29 is 14.7 Å². The second kappa shape index (κ2) is 4.54. The maximum absolute atomic E-state index is 10.2. The van der Waals surface area contributed by atoms with Crippen LogP contribution in [0.4, 0.5) is 4.79 Å². The van der Waals surface area contributed by atoms with Gasteiger partial charge in [-0.2, -0.15) is 0 Å². The zero-order chi connectivity index (χ0) is 8.85. The van der Waals surface area contributed by atoms with Crippen LogP contribution in [0, 0.1) is 5.92 Å². The quantitative estimate of drug-likeness (QED) is 0.359. The number of ether oxygens (including phenoxy) is 1. The smallest absolute Gasteiger partial charge is 0.405 e. The average Bonchev–Trinajstić information content (AvgIpc) is 1.86. The first-order chi connectivity index (χ1) is 5.07. The van der Waals surface area contributed by atoms with Crippen molar-refractivity contribution in [2.24, 2.45) is 16.8 Å². The van der Waals surface area contributed by atoms with E-state index in [1.807, 2.05) is 13.8 Å². The van der Waals surface area contributed by atoms with Crippen LogP contribution < -0.4 is 5.73 Å². The van der Waals surface area contributed by atoms with Crippen LogP contribution in [0.5, 0.6) is 0 Å². The fraction of sp³-hybridized carbons (Fsp3) is 0.667. The van der Waals surface area contributed by atoms with E-state index in [1.165, 1.54) is 0 Å². The van der Waals surface area contributed by atoms with Crippen molar-refractivity contribution in [1.29, 1.82) is 0 Å². The van der Waals surface area contributed by atoms with Gasteiger partial charge in [0, 0.05) is 0 Å². The Morgan fingerprint density at radius 3 is 2.55 bits per heavy atom. The Hall–Kier alpha value is -1.26. The fourth-order valence-electron chi connectivity index (χ4n) is 0.538. The summed E-state index contributed by atoms with van der Waals surface area (Å²) in [5.74, 6) is 0.0402. The van der Waals surface area contributed by atoms with E-state index in [1.54, 1.807) is 0 Å². The van der Waals surface area contributed by atoms with E-state index in [2.05, 4.69) is 9.89 Å². The molecule has 3 N–H and O–H groups in total. The summed E-state index contributed by atoms with van der Waals surface area (Å²) in [5, 5.41) is 10.9. The van der Waals surface area contributed by atoms with E-state index in [4.69, 9.17) is 10.9 Å². The van der Waals surface area contributed by atoms with E-state index < -0.39 is 12.2 Å². The molecule has 1 atom stereocenters. The Balaban J connectivity index is 4.00. The minimum Gasteiger partial charge on any atom is -0.440 e. The molecule has 0 heterocycles. The average molecular weight is 160 g/mol. The molecule has 0 radical (unpaired) electrons. The Labute approximate surface area is 64.8 Å². The lowest BCUT2D eigenvalue weighted by Crippen LogP contribution is -2.28. The molecule has 0 saturated carbocycles. The third-order valence-corrected chi connectivity index (χ3v) is 1.12. The molecule has 64 valence electrons. The Morgan fingerprint density at radius 1 is 1.73 bits per heavy atom. The maximum Gasteiger partial charge on any atom is 0.405 e. The largest absolute Gasteiger partial charge is 0.440 e. The highest BCUT2D eigenvalue weighted by atomic mass is 16.6. The molecule has 11 heavy (non-hydrogen) atoms. The number of rotatable bonds is 3. The molecule has 0 aliphatic rings. The zero-order valence-corrected chi connectivity index (χ0v) is 6.52. The van der Waals surface area contributed by atoms with Crippen molar-refractivity contribution >= 4 is 12.3 Å². The van der Waals surface area contributed by atoms with Gasteiger partial charge in [-0.15, -0.1) is 0 Å². The Kier molecular flexibility index (Phi) is 4.02. The summed E-state index contributed by atoms with van der Waals surface area (Å²) >= 11 is 0. The van der Waals surface area contributed by atoms with Crippen molar-refractivity contribution in [3.63, 3.8) is 0 Å². The standard InChI is InChI=1S/C6H12N2O3/c1-4(2)5(3-8-10)11-6(7)9/h3-5,10H,1-2H3,(H2,7,9)/t5-/m1/s1. The third kappa shape index (κ3) is 4.19. The maximum atomic E-state index is 10.2. The minimum atomic E-state index is -0.872. The molecule has 1 amide bonds. The van der Waals surface area contributed by atoms with Crippen molar-refractivity contribution in [3.05, 3.63) is 0 Å². The van der Waals surface area contributed by atoms with Crippen molar-refractivity contribution in [2.45, 2.75) is 20.0 Å². The van der Waals surface area contributed by atoms with Gasteiger partial charge in [0.05, 0.1) is 6.21 Å². The van der Waals surface area contributed by atoms with Gasteiger partial charge in [-0.1, -0.05) is 19.0 Å². The van der Waals surface area contributed by atoms with Crippen LogP contribution in [-0.2, 0) is 4.74 Å². The Morgan fingerprint density at radius 2 is 2.27 bits per heavy atom. The zero-order valence-electron chi connectivity index (χ0n) is 6.52. The van der Waals surface area contributed by atoms with Gasteiger partial charge in [0.1, 0.15) is 6.10 Å². The number of carbonyl (C=O) groups is 1. The van der Waals surface area contributed by atoms with Crippen LogP contribution in [-0.4, -0.2) is 23.6 Å². The number of nitrogens with zero attached hydrogens (tertiary/aromatic N) is 1. The van der Waals surface area contributed by atoms with Gasteiger partial charge in [-0.25, -0.2) is 4.79 Å². The van der Waals surface area contributed by atoms with Crippen LogP contribution in [0.3, 0.4) is 0 Å². The first kappa shape index (κ1) is 9.74. The topological polar surface area (TPSA) is 84.9 Å². The summed E-state index contributed by atoms with van der Waals surface area (Å²) in [5.41, 5.74) is 4.76. The predicted molar refractivity (Wildman–Crippen MR) is 39.6 cm³/mol. The summed E-state index contributed by atoms with van der Waals surface area (Å²) in [6.07, 6.45) is -0.309. The van der Waals surface area contributed by atoms with Gasteiger partial charge in [0.25, 0.3) is 0 Å². The van der Waals surface area contributed by atoms with Crippen LogP contribution in [0.2, 0.25) is 0 Å². The molecule has 0 aromatic heterocycles. The van der Waals surface area contributed by atoms with Crippen molar-refractivity contribution in [2.75, 3.05) is 0 Å². The highest BCUT2D eigenvalue weighted by Gasteiger charge is 2.13. The molecule has 0 aromatic carbocycles. The molecule has 0 rings (SSSR count). The molecule has 0 aliphatic heterocycles. The van der Waals surface area contributed by atoms with Gasteiger partial charge in [0.2, 0.25) is 0 Å². The lowest BCUT2D eigenvalue weighted by atomic mass is 10.1. The summed E-state index contributed by atoms with van der Waals surface area (Å²) in [6, 6.07) is 0. The first-order valence-corrected chi connectivity index (χ1v) is 3.21. The molecule has 0 bridgehead atoms. The molecule has 5 heteroatoms. The lowest BCUT2D eigenvalue weighted by Gasteiger charge is -2.14. The number of oxime groups is 1. The van der Waals surface area contributed by atoms with Crippen molar-refractivity contribution in [1.82, 2.24) is 0 Å². The molecular formula is C6H12N2O3. The first-order valence-electron chi connectivity index (χ1n) is 3.21. The minimum absolute atomic E-state index is 0.0402. The molecule has 5 nitrogen and oxygen atoms in total. The summed E-state index contributed by atoms with van der Waals surface area (Å²) in [6.45, 7) is 3.63. The van der Waals surface area contributed by atoms with Crippen molar-refractivity contribution in [3.8, 4) is 0 Å². The molecular weight excluding hydrogens is 148 g/mol. The molecule has 0 spiro atoms. The van der Waals surface area contributed by atoms with Crippen LogP contribution in [0.25, 0.3) is 0 Å². The molecule has 0 fully saturated rings. The van der Waals surface area contributed by atoms with E-state index >= 15 is 0 Å². The normalized spacial score (nSPS) is 13.7. The van der Waals surface area contributed by atoms with Crippen LogP contribution in [0.15, 0.2) is 5.16 Å². The van der Waals surface area contributed by atoms with Gasteiger partial charge >= 0.3 is 6.09 Å². The van der Waals surface area contributed by atoms with E-state index in [0.29, 0.717) is 0 Å². The highest BCUT2D eigenvalue weighted by Crippen LogP contribution is 2.03. The Bertz CT molecular complexity index is 156. The summed E-state index contributed by atoms with van der Waals surface area (Å²) in [7, 11) is 0. The number of carbonyl (C=O) groups excluding carboxylic acids is 1. The van der Waals surface area contributed by atoms with E-state index in [-0.39, 0.29) is 5.92 Å². The molecule has 0 aliphatic carbocycles. The predicted octanol–water partition coefficient (Wildman–Crippen LogP) is 0.566. The SMILES string of the molecule is CC(C)[C@@H](C=NO)OC(N)=O. The molecule has 0 unspecified atom stereocenters. The number of hydrogen-bond donors (Lipinski definition) is 2. The van der Waals surface area contributed by atoms with E-state index in [0.717, 1.165) is 6.21 Å². The molecule has 0 aromatic rings. The number of hydrogen-bond acceptors (Lipinski definition) is 4. The van der Waals surface area contributed by atoms with E-state index in [9.17, 15) is 4.79 Å². The highest BCUT2D eigenvalue weighted by molar-refractivity contribution is 5.71. The van der Waals surface area contributed by atoms with Gasteiger partial charge in [-0.05, 0) is 5.92 Å². The van der Waals surface area contributed by atoms with Crippen LogP contribution in [0.1, 0.15) is 13.8 Å². The second-order valence-electron chi connectivity index (χ2n) is 2.41. The number of amides is 1. The van der Waals surface area contributed by atoms with Gasteiger partial charge in [0.15, 0.2) is 0 Å². The third-order valence-electron chi connectivity index (χ3n) is 1.12. The summed E-state index contributed by atoms with van der Waals surface area (Å²) in [4.78, 5) is 10.2. The second-order valence-corrected chi connectivity index (χ2v) is 2.41. The summed E-state index contributed by atoms with van der Waals surface area (Å²) < 4.78 is 4.58. The molecule has 0 saturated heterocycles. The monoisotopic (exact) mass is 160 g/mol. The van der Waals surface area contributed by atoms with Gasteiger partial charge in [-0.3, -0.25) is 0 Å². The number of primary amides is 1. The lowest BCUT2D eigenvalue weighted by molar-refractivity contribution is 0.116. The fourth-order valence-corrected chi connectivity index (χ4v) is 0.538. The number of nitrogens with two attached hydrogens (primary N) is 1. The van der Waals surface area contributed by atoms with Gasteiger partial charge < -0.3 is 15.7 Å². The van der Waals surface area contributed by atoms with Crippen LogP contribution >= 0.6 is 0 Å².